The van der Waals surface area contributed by atoms with Crippen molar-refractivity contribution in [2.45, 2.75) is 47.8 Å². The molecular weight excluding hydrogens is 436 g/mol. The third kappa shape index (κ3) is 3.32. The highest BCUT2D eigenvalue weighted by atomic mass is 32.2. The molecule has 0 fully saturated rings. The highest BCUT2D eigenvalue weighted by molar-refractivity contribution is 7.91. The number of aromatic hydroxyl groups is 1. The van der Waals surface area contributed by atoms with E-state index >= 15 is 0 Å². The van der Waals surface area contributed by atoms with Crippen LogP contribution < -0.4 is 15.0 Å². The van der Waals surface area contributed by atoms with E-state index in [1.807, 2.05) is 0 Å². The molecule has 1 aliphatic rings. The van der Waals surface area contributed by atoms with Crippen molar-refractivity contribution in [3.05, 3.63) is 76.7 Å². The van der Waals surface area contributed by atoms with Gasteiger partial charge in [-0.15, -0.1) is 4.68 Å². The standard InChI is InChI=1S/C22H22N2O7S/c1-21(2)22(3,27)20(23-10-9-15(26)13-24(23)28)18-12-17(7-8-19(18)31-21)32(29,30)16-6-4-5-14(25)11-16/h4-13,20,27H,1-3H3,(H-,25,26,28)/p+1/t20-,22+/m1/s1. The normalized spacial score (nSPS) is 22.1. The number of ether oxygens (including phenoxy) is 1. The average molecular weight is 460 g/mol. The van der Waals surface area contributed by atoms with Crippen molar-refractivity contribution in [1.29, 1.82) is 0 Å². The molecule has 32 heavy (non-hydrogen) atoms. The molecule has 0 radical (unpaired) electrons. The lowest BCUT2D eigenvalue weighted by molar-refractivity contribution is -0.969. The Morgan fingerprint density at radius 3 is 2.41 bits per heavy atom. The monoisotopic (exact) mass is 459 g/mol. The van der Waals surface area contributed by atoms with Crippen molar-refractivity contribution in [3.8, 4) is 11.5 Å². The maximum atomic E-state index is 13.2. The summed E-state index contributed by atoms with van der Waals surface area (Å²) in [4.78, 5) is 12.0. The smallest absolute Gasteiger partial charge is 0.299 e. The lowest BCUT2D eigenvalue weighted by atomic mass is 9.75. The van der Waals surface area contributed by atoms with Gasteiger partial charge in [0.2, 0.25) is 9.84 Å². The van der Waals surface area contributed by atoms with Gasteiger partial charge in [0.25, 0.3) is 11.6 Å². The Balaban J connectivity index is 1.96. The second-order valence-electron chi connectivity index (χ2n) is 8.41. The fourth-order valence-electron chi connectivity index (χ4n) is 3.84. The number of phenols is 1. The van der Waals surface area contributed by atoms with Crippen LogP contribution in [0.5, 0.6) is 11.5 Å². The predicted octanol–water partition coefficient (Wildman–Crippen LogP) is 1.42. The maximum Gasteiger partial charge on any atom is 0.299 e. The van der Waals surface area contributed by atoms with E-state index in [0.717, 1.165) is 12.3 Å². The fourth-order valence-corrected chi connectivity index (χ4v) is 5.18. The number of sulfone groups is 1. The third-order valence-electron chi connectivity index (χ3n) is 5.97. The number of hydrogen-bond acceptors (Lipinski definition) is 7. The summed E-state index contributed by atoms with van der Waals surface area (Å²) in [5.41, 5.74) is -2.92. The predicted molar refractivity (Wildman–Crippen MR) is 112 cm³/mol. The van der Waals surface area contributed by atoms with Gasteiger partial charge < -0.3 is 14.9 Å². The van der Waals surface area contributed by atoms with Crippen molar-refractivity contribution in [1.82, 2.24) is 4.68 Å². The Hall–Kier alpha value is -3.37. The summed E-state index contributed by atoms with van der Waals surface area (Å²) in [5.74, 6) is 0.129. The molecule has 0 spiro atoms. The Labute approximate surface area is 184 Å². The van der Waals surface area contributed by atoms with Crippen molar-refractivity contribution in [2.75, 3.05) is 0 Å². The first-order chi connectivity index (χ1) is 14.8. The van der Waals surface area contributed by atoms with Gasteiger partial charge in [-0.05, 0) is 57.2 Å². The number of rotatable bonds is 3. The van der Waals surface area contributed by atoms with Gasteiger partial charge in [-0.1, -0.05) is 6.07 Å². The molecule has 9 nitrogen and oxygen atoms in total. The van der Waals surface area contributed by atoms with E-state index in [-0.39, 0.29) is 15.5 Å². The molecule has 2 atom stereocenters. The zero-order chi connectivity index (χ0) is 23.5. The first-order valence-electron chi connectivity index (χ1n) is 9.77. The van der Waals surface area contributed by atoms with Gasteiger partial charge in [-0.25, -0.2) is 8.42 Å². The van der Waals surface area contributed by atoms with Gasteiger partial charge >= 0.3 is 0 Å². The molecule has 2 heterocycles. The summed E-state index contributed by atoms with van der Waals surface area (Å²) in [6.07, 6.45) is 2.24. The molecule has 0 unspecified atom stereocenters. The van der Waals surface area contributed by atoms with E-state index in [1.54, 1.807) is 13.8 Å². The van der Waals surface area contributed by atoms with Gasteiger partial charge in [-0.2, -0.15) is 0 Å². The topological polar surface area (TPSA) is 130 Å². The molecule has 3 N–H and O–H groups in total. The molecule has 168 valence electrons. The number of fused-ring (bicyclic) bond motifs is 1. The van der Waals surface area contributed by atoms with Crippen LogP contribution in [0.25, 0.3) is 0 Å². The fraction of sp³-hybridized carbons (Fsp3) is 0.273. The summed E-state index contributed by atoms with van der Waals surface area (Å²) < 4.78 is 33.6. The number of hydrogen-bond donors (Lipinski definition) is 3. The number of aliphatic hydroxyl groups is 1. The van der Waals surface area contributed by atoms with E-state index in [1.165, 1.54) is 60.3 Å². The van der Waals surface area contributed by atoms with E-state index in [4.69, 9.17) is 4.74 Å². The minimum atomic E-state index is -4.01. The van der Waals surface area contributed by atoms with Gasteiger partial charge in [0.1, 0.15) is 27.5 Å². The molecular formula is C22H23N2O7S+. The first-order valence-corrected chi connectivity index (χ1v) is 11.3. The lowest BCUT2D eigenvalue weighted by Crippen LogP contribution is -2.63. The van der Waals surface area contributed by atoms with Gasteiger partial charge in [0, 0.05) is 11.6 Å². The molecule has 0 saturated carbocycles. The third-order valence-corrected chi connectivity index (χ3v) is 7.71. The highest BCUT2D eigenvalue weighted by Gasteiger charge is 2.56. The van der Waals surface area contributed by atoms with Crippen LogP contribution in [0.15, 0.2) is 75.5 Å². The molecule has 2 aromatic carbocycles. The van der Waals surface area contributed by atoms with Crippen LogP contribution in [-0.4, -0.2) is 39.7 Å². The molecule has 0 amide bonds. The van der Waals surface area contributed by atoms with Crippen molar-refractivity contribution in [2.24, 2.45) is 0 Å². The molecule has 0 saturated heterocycles. The zero-order valence-electron chi connectivity index (χ0n) is 17.6. The van der Waals surface area contributed by atoms with Crippen LogP contribution in [0.2, 0.25) is 0 Å². The summed E-state index contributed by atoms with van der Waals surface area (Å²) in [6.45, 7) is 4.85. The lowest BCUT2D eigenvalue weighted by Gasteiger charge is -2.48. The van der Waals surface area contributed by atoms with Gasteiger partial charge in [-0.3, -0.25) is 10.0 Å². The van der Waals surface area contributed by atoms with Crippen LogP contribution in [0.4, 0.5) is 0 Å². The second kappa shape index (κ2) is 7.07. The number of nitrogens with zero attached hydrogens (tertiary/aromatic N) is 2. The van der Waals surface area contributed by atoms with E-state index < -0.39 is 32.5 Å². The number of benzene rings is 2. The molecule has 1 aliphatic heterocycles. The largest absolute Gasteiger partial charge is 0.508 e. The summed E-state index contributed by atoms with van der Waals surface area (Å²) in [6, 6.07) is 9.74. The Morgan fingerprint density at radius 2 is 1.75 bits per heavy atom. The minimum absolute atomic E-state index is 0.0866. The molecule has 10 heteroatoms. The van der Waals surface area contributed by atoms with E-state index in [2.05, 4.69) is 0 Å². The Bertz CT molecular complexity index is 1380. The van der Waals surface area contributed by atoms with Gasteiger partial charge in [0.15, 0.2) is 6.04 Å². The zero-order valence-corrected chi connectivity index (χ0v) is 18.4. The van der Waals surface area contributed by atoms with Crippen LogP contribution in [0, 0.1) is 0 Å². The molecule has 4 rings (SSSR count). The SMILES string of the molecule is CC1(C)Oc2ccc(S(=O)(=O)c3cccc(O)c3)cc2[C@@H](n2ccc(=O)c[n+]2O)[C@]1(C)O. The van der Waals surface area contributed by atoms with Crippen molar-refractivity contribution < 1.29 is 33.4 Å². The molecule has 0 bridgehead atoms. The second-order valence-corrected chi connectivity index (χ2v) is 10.4. The molecule has 0 aliphatic carbocycles. The van der Waals surface area contributed by atoms with Gasteiger partial charge in [0.05, 0.1) is 16.0 Å². The summed E-state index contributed by atoms with van der Waals surface area (Å²) in [5, 5.41) is 31.6. The highest BCUT2D eigenvalue weighted by Crippen LogP contribution is 2.48. The maximum absolute atomic E-state index is 13.2. The van der Waals surface area contributed by atoms with Crippen LogP contribution in [0.3, 0.4) is 0 Å². The van der Waals surface area contributed by atoms with Crippen molar-refractivity contribution in [3.63, 3.8) is 0 Å². The van der Waals surface area contributed by atoms with Crippen molar-refractivity contribution >= 4 is 9.84 Å². The average Bonchev–Trinajstić information content (AvgIpc) is 2.69. The first kappa shape index (κ1) is 21.8. The Kier molecular flexibility index (Phi) is 4.83. The van der Waals surface area contributed by atoms with Crippen LogP contribution in [0.1, 0.15) is 32.4 Å². The number of aromatic nitrogens is 2. The van der Waals surface area contributed by atoms with E-state index in [9.17, 15) is 28.6 Å². The van der Waals surface area contributed by atoms with E-state index in [0.29, 0.717) is 16.2 Å². The summed E-state index contributed by atoms with van der Waals surface area (Å²) >= 11 is 0. The molecule has 1 aromatic heterocycles. The summed E-state index contributed by atoms with van der Waals surface area (Å²) in [7, 11) is -4.01. The molecule has 3 aromatic rings. The van der Waals surface area contributed by atoms with Crippen LogP contribution in [-0.2, 0) is 9.84 Å². The Morgan fingerprint density at radius 1 is 1.06 bits per heavy atom. The van der Waals surface area contributed by atoms with Crippen LogP contribution >= 0.6 is 0 Å². The quantitative estimate of drug-likeness (QED) is 0.399. The minimum Gasteiger partial charge on any atom is -0.508 e. The number of phenolic OH excluding ortho intramolecular Hbond substituents is 1.